The summed E-state index contributed by atoms with van der Waals surface area (Å²) in [5, 5.41) is 32.5. The van der Waals surface area contributed by atoms with E-state index >= 15 is 0 Å². The number of hydrogen-bond donors (Lipinski definition) is 6. The van der Waals surface area contributed by atoms with E-state index in [1.807, 2.05) is 20.8 Å². The number of carboxylic acids is 1. The largest absolute Gasteiger partial charge is 0.480 e. The van der Waals surface area contributed by atoms with Crippen molar-refractivity contribution in [3.63, 3.8) is 0 Å². The van der Waals surface area contributed by atoms with E-state index in [-0.39, 0.29) is 25.3 Å². The van der Waals surface area contributed by atoms with Gasteiger partial charge in [0.05, 0.1) is 13.2 Å². The predicted octanol–water partition coefficient (Wildman–Crippen LogP) is 0.296. The van der Waals surface area contributed by atoms with Gasteiger partial charge in [-0.15, -0.1) is 0 Å². The molecule has 0 rings (SSSR count). The Bertz CT molecular complexity index is 246. The highest BCUT2D eigenvalue weighted by molar-refractivity contribution is 5.72. The van der Waals surface area contributed by atoms with Gasteiger partial charge in [0.2, 0.25) is 0 Å². The third-order valence-corrected chi connectivity index (χ3v) is 3.60. The van der Waals surface area contributed by atoms with Gasteiger partial charge >= 0.3 is 5.97 Å². The van der Waals surface area contributed by atoms with Gasteiger partial charge in [-0.2, -0.15) is 0 Å². The Hall–Kier alpha value is -0.730. The van der Waals surface area contributed by atoms with Crippen LogP contribution in [-0.4, -0.2) is 65.7 Å². The van der Waals surface area contributed by atoms with Crippen molar-refractivity contribution in [3.05, 3.63) is 0 Å². The zero-order chi connectivity index (χ0) is 18.1. The van der Waals surface area contributed by atoms with Crippen molar-refractivity contribution in [2.24, 2.45) is 5.73 Å². The number of hydrogen-bond acceptors (Lipinski definition) is 6. The van der Waals surface area contributed by atoms with Crippen LogP contribution in [0, 0.1) is 0 Å². The molecule has 0 radical (unpaired) electrons. The summed E-state index contributed by atoms with van der Waals surface area (Å²) in [4.78, 5) is 10.1. The second-order valence-corrected chi connectivity index (χ2v) is 5.57. The summed E-state index contributed by atoms with van der Waals surface area (Å²) in [6, 6.07) is -0.262. The standard InChI is InChI=1S/C10H24N2O2.C6H13NO2/c1-3-9(7-13)11-5-6-12-10(4-2)8-14;1-2-3-4-5(7)6(8)9/h9-14H,3-8H2,1-2H3;5H,2-4,7H2,1H3,(H,8,9)/t9-,10-;/m0./s1. The van der Waals surface area contributed by atoms with Crippen LogP contribution < -0.4 is 16.4 Å². The zero-order valence-electron chi connectivity index (χ0n) is 14.9. The summed E-state index contributed by atoms with van der Waals surface area (Å²) in [6.45, 7) is 8.13. The number of aliphatic hydroxyl groups is 2. The van der Waals surface area contributed by atoms with Crippen LogP contribution in [0.3, 0.4) is 0 Å². The summed E-state index contributed by atoms with van der Waals surface area (Å²) in [5.41, 5.74) is 5.20. The Labute approximate surface area is 140 Å². The molecule has 7 N–H and O–H groups in total. The normalized spacial score (nSPS) is 14.5. The molecule has 0 fully saturated rings. The summed E-state index contributed by atoms with van der Waals surface area (Å²) < 4.78 is 0. The highest BCUT2D eigenvalue weighted by atomic mass is 16.4. The van der Waals surface area contributed by atoms with E-state index in [2.05, 4.69) is 10.6 Å². The van der Waals surface area contributed by atoms with Crippen LogP contribution in [0.4, 0.5) is 0 Å². The van der Waals surface area contributed by atoms with Gasteiger partial charge in [0, 0.05) is 25.2 Å². The van der Waals surface area contributed by atoms with E-state index in [1.165, 1.54) is 0 Å². The number of nitrogens with two attached hydrogens (primary N) is 1. The van der Waals surface area contributed by atoms with Crippen molar-refractivity contribution in [2.75, 3.05) is 26.3 Å². The molecule has 0 amide bonds. The first kappa shape index (κ1) is 24.5. The molecule has 0 aromatic carbocycles. The molecule has 0 aromatic heterocycles. The van der Waals surface area contributed by atoms with Crippen molar-refractivity contribution in [2.45, 2.75) is 71.0 Å². The Balaban J connectivity index is 0. The molecule has 0 spiro atoms. The molecule has 0 bridgehead atoms. The Morgan fingerprint density at radius 2 is 1.43 bits per heavy atom. The van der Waals surface area contributed by atoms with Crippen molar-refractivity contribution in [3.8, 4) is 0 Å². The summed E-state index contributed by atoms with van der Waals surface area (Å²) in [7, 11) is 0. The molecule has 0 aliphatic rings. The van der Waals surface area contributed by atoms with Crippen molar-refractivity contribution in [1.82, 2.24) is 10.6 Å². The molecule has 140 valence electrons. The Morgan fingerprint density at radius 3 is 1.70 bits per heavy atom. The quantitative estimate of drug-likeness (QED) is 0.267. The minimum atomic E-state index is -0.900. The average molecular weight is 335 g/mol. The lowest BCUT2D eigenvalue weighted by Crippen LogP contribution is -2.40. The molecule has 0 aliphatic heterocycles. The number of aliphatic carboxylic acids is 1. The van der Waals surface area contributed by atoms with Crippen molar-refractivity contribution in [1.29, 1.82) is 0 Å². The van der Waals surface area contributed by atoms with E-state index < -0.39 is 12.0 Å². The molecule has 0 saturated carbocycles. The second-order valence-electron chi connectivity index (χ2n) is 5.57. The summed E-state index contributed by atoms with van der Waals surface area (Å²) >= 11 is 0. The fourth-order valence-corrected chi connectivity index (χ4v) is 1.78. The van der Waals surface area contributed by atoms with E-state index in [9.17, 15) is 4.79 Å². The lowest BCUT2D eigenvalue weighted by atomic mass is 10.1. The molecule has 0 aliphatic carbocycles. The smallest absolute Gasteiger partial charge is 0.320 e. The molecule has 3 atom stereocenters. The number of carboxylic acid groups (broad SMARTS) is 1. The first-order valence-electron chi connectivity index (χ1n) is 8.63. The number of nitrogens with one attached hydrogen (secondary N) is 2. The van der Waals surface area contributed by atoms with Crippen LogP contribution >= 0.6 is 0 Å². The topological polar surface area (TPSA) is 128 Å². The molecule has 7 heteroatoms. The van der Waals surface area contributed by atoms with Gasteiger partial charge < -0.3 is 31.7 Å². The predicted molar refractivity (Wildman–Crippen MR) is 93.5 cm³/mol. The maximum Gasteiger partial charge on any atom is 0.320 e. The molecule has 23 heavy (non-hydrogen) atoms. The van der Waals surface area contributed by atoms with E-state index in [0.717, 1.165) is 38.8 Å². The van der Waals surface area contributed by atoms with E-state index in [0.29, 0.717) is 6.42 Å². The summed E-state index contributed by atoms with van der Waals surface area (Å²) in [6.07, 6.45) is 4.36. The van der Waals surface area contributed by atoms with Crippen LogP contribution in [0.15, 0.2) is 0 Å². The molecule has 7 nitrogen and oxygen atoms in total. The second kappa shape index (κ2) is 17.6. The van der Waals surface area contributed by atoms with Gasteiger partial charge in [0.15, 0.2) is 0 Å². The third kappa shape index (κ3) is 15.9. The van der Waals surface area contributed by atoms with Crippen LogP contribution in [0.2, 0.25) is 0 Å². The number of rotatable bonds is 13. The molecular weight excluding hydrogens is 298 g/mol. The van der Waals surface area contributed by atoms with Gasteiger partial charge in [-0.05, 0) is 19.3 Å². The number of carbonyl (C=O) groups is 1. The van der Waals surface area contributed by atoms with Crippen molar-refractivity contribution >= 4 is 5.97 Å². The minimum Gasteiger partial charge on any atom is -0.480 e. The molecule has 0 heterocycles. The van der Waals surface area contributed by atoms with Gasteiger partial charge in [0.25, 0.3) is 0 Å². The summed E-state index contributed by atoms with van der Waals surface area (Å²) in [5.74, 6) is -0.900. The molecule has 0 aromatic rings. The maximum atomic E-state index is 10.1. The van der Waals surface area contributed by atoms with Crippen molar-refractivity contribution < 1.29 is 20.1 Å². The SMILES string of the molecule is CCCCC(N)C(=O)O.CC[C@@H](CO)NCCN[C@@H](CC)CO. The first-order valence-corrected chi connectivity index (χ1v) is 8.63. The first-order chi connectivity index (χ1) is 11.0. The Morgan fingerprint density at radius 1 is 1.00 bits per heavy atom. The van der Waals surface area contributed by atoms with Crippen LogP contribution in [-0.2, 0) is 4.79 Å². The molecule has 1 unspecified atom stereocenters. The van der Waals surface area contributed by atoms with E-state index in [1.54, 1.807) is 0 Å². The maximum absolute atomic E-state index is 10.1. The van der Waals surface area contributed by atoms with Gasteiger partial charge in [-0.3, -0.25) is 4.79 Å². The van der Waals surface area contributed by atoms with Gasteiger partial charge in [-0.25, -0.2) is 0 Å². The fourth-order valence-electron chi connectivity index (χ4n) is 1.78. The van der Waals surface area contributed by atoms with Crippen LogP contribution in [0.5, 0.6) is 0 Å². The Kier molecular flexibility index (Phi) is 18.8. The number of aliphatic hydroxyl groups excluding tert-OH is 2. The van der Waals surface area contributed by atoms with Gasteiger partial charge in [0.1, 0.15) is 6.04 Å². The lowest BCUT2D eigenvalue weighted by molar-refractivity contribution is -0.138. The average Bonchev–Trinajstić information content (AvgIpc) is 2.56. The minimum absolute atomic E-state index is 0.188. The van der Waals surface area contributed by atoms with Crippen LogP contribution in [0.1, 0.15) is 52.9 Å². The molecule has 0 saturated heterocycles. The number of unbranched alkanes of at least 4 members (excludes halogenated alkanes) is 1. The lowest BCUT2D eigenvalue weighted by Gasteiger charge is -2.17. The molecular formula is C16H37N3O4. The van der Waals surface area contributed by atoms with Crippen LogP contribution in [0.25, 0.3) is 0 Å². The highest BCUT2D eigenvalue weighted by Gasteiger charge is 2.08. The highest BCUT2D eigenvalue weighted by Crippen LogP contribution is 1.97. The zero-order valence-corrected chi connectivity index (χ0v) is 14.9. The fraction of sp³-hybridized carbons (Fsp3) is 0.938. The monoisotopic (exact) mass is 335 g/mol. The third-order valence-electron chi connectivity index (χ3n) is 3.60. The van der Waals surface area contributed by atoms with E-state index in [4.69, 9.17) is 21.1 Å². The van der Waals surface area contributed by atoms with Gasteiger partial charge in [-0.1, -0.05) is 33.6 Å².